The maximum Gasteiger partial charge on any atom is 0.309 e. The lowest BCUT2D eigenvalue weighted by Gasteiger charge is -2.40. The SMILES string of the molecule is COC(=O)Cc1ccc(C(=O)CN2CCN(C3CCNCC3)CC2)cc1. The van der Waals surface area contributed by atoms with Crippen LogP contribution >= 0.6 is 0 Å². The number of piperidine rings is 1. The fraction of sp³-hybridized carbons (Fsp3) is 0.600. The topological polar surface area (TPSA) is 61.9 Å². The maximum absolute atomic E-state index is 12.5. The van der Waals surface area contributed by atoms with Crippen molar-refractivity contribution in [3.8, 4) is 0 Å². The zero-order chi connectivity index (χ0) is 18.4. The molecule has 0 atom stereocenters. The first-order chi connectivity index (χ1) is 12.7. The number of carbonyl (C=O) groups is 2. The van der Waals surface area contributed by atoms with Crippen molar-refractivity contribution in [1.82, 2.24) is 15.1 Å². The molecule has 0 aromatic heterocycles. The van der Waals surface area contributed by atoms with E-state index in [1.165, 1.54) is 20.0 Å². The number of carbonyl (C=O) groups excluding carboxylic acids is 2. The van der Waals surface area contributed by atoms with Gasteiger partial charge in [0.15, 0.2) is 5.78 Å². The van der Waals surface area contributed by atoms with Crippen LogP contribution in [0.3, 0.4) is 0 Å². The van der Waals surface area contributed by atoms with Gasteiger partial charge < -0.3 is 10.1 Å². The standard InChI is InChI=1S/C20H29N3O3/c1-26-20(25)14-16-2-4-17(5-3-16)19(24)15-22-10-12-23(13-11-22)18-6-8-21-9-7-18/h2-5,18,21H,6-15H2,1H3. The first-order valence-electron chi connectivity index (χ1n) is 9.52. The van der Waals surface area contributed by atoms with E-state index >= 15 is 0 Å². The van der Waals surface area contributed by atoms with E-state index in [0.29, 0.717) is 18.2 Å². The molecule has 0 unspecified atom stereocenters. The quantitative estimate of drug-likeness (QED) is 0.603. The summed E-state index contributed by atoms with van der Waals surface area (Å²) in [5.74, 6) is -0.124. The Morgan fingerprint density at radius 3 is 2.35 bits per heavy atom. The Bertz CT molecular complexity index is 603. The molecule has 0 radical (unpaired) electrons. The van der Waals surface area contributed by atoms with Crippen LogP contribution in [-0.2, 0) is 16.0 Å². The molecular weight excluding hydrogens is 330 g/mol. The van der Waals surface area contributed by atoms with Crippen LogP contribution in [0.15, 0.2) is 24.3 Å². The number of methoxy groups -OCH3 is 1. The minimum Gasteiger partial charge on any atom is -0.469 e. The third-order valence-corrected chi connectivity index (χ3v) is 5.45. The fourth-order valence-corrected chi connectivity index (χ4v) is 3.80. The molecule has 6 heteroatoms. The van der Waals surface area contributed by atoms with E-state index in [2.05, 4.69) is 19.9 Å². The summed E-state index contributed by atoms with van der Waals surface area (Å²) in [5, 5.41) is 3.42. The summed E-state index contributed by atoms with van der Waals surface area (Å²) in [6.45, 7) is 6.72. The van der Waals surface area contributed by atoms with Gasteiger partial charge in [0.25, 0.3) is 0 Å². The zero-order valence-electron chi connectivity index (χ0n) is 15.6. The third kappa shape index (κ3) is 5.13. The van der Waals surface area contributed by atoms with Crippen molar-refractivity contribution in [2.24, 2.45) is 0 Å². The lowest BCUT2D eigenvalue weighted by molar-refractivity contribution is -0.139. The Morgan fingerprint density at radius 2 is 1.73 bits per heavy atom. The van der Waals surface area contributed by atoms with Crippen molar-refractivity contribution >= 4 is 11.8 Å². The highest BCUT2D eigenvalue weighted by molar-refractivity contribution is 5.97. The molecule has 2 saturated heterocycles. The van der Waals surface area contributed by atoms with Crippen LogP contribution in [0.4, 0.5) is 0 Å². The number of Topliss-reactive ketones (excluding diaryl/α,β-unsaturated/α-hetero) is 1. The fourth-order valence-electron chi connectivity index (χ4n) is 3.80. The molecule has 2 aliphatic rings. The van der Waals surface area contributed by atoms with Crippen molar-refractivity contribution in [2.75, 3.05) is 52.9 Å². The average Bonchev–Trinajstić information content (AvgIpc) is 2.69. The number of ketones is 1. The van der Waals surface area contributed by atoms with Crippen molar-refractivity contribution in [3.63, 3.8) is 0 Å². The number of nitrogens with zero attached hydrogens (tertiary/aromatic N) is 2. The van der Waals surface area contributed by atoms with E-state index in [1.54, 1.807) is 0 Å². The highest BCUT2D eigenvalue weighted by atomic mass is 16.5. The van der Waals surface area contributed by atoms with E-state index in [-0.39, 0.29) is 18.2 Å². The molecule has 1 aromatic rings. The molecule has 0 bridgehead atoms. The van der Waals surface area contributed by atoms with Crippen LogP contribution in [0.1, 0.15) is 28.8 Å². The van der Waals surface area contributed by atoms with Crippen LogP contribution < -0.4 is 5.32 Å². The van der Waals surface area contributed by atoms with Crippen molar-refractivity contribution in [2.45, 2.75) is 25.3 Å². The molecule has 0 amide bonds. The van der Waals surface area contributed by atoms with Crippen LogP contribution in [0.5, 0.6) is 0 Å². The second kappa shape index (κ2) is 9.26. The molecule has 0 saturated carbocycles. The van der Waals surface area contributed by atoms with Gasteiger partial charge in [-0.2, -0.15) is 0 Å². The Labute approximate surface area is 155 Å². The Balaban J connectivity index is 1.45. The number of hydrogen-bond donors (Lipinski definition) is 1. The van der Waals surface area contributed by atoms with E-state index in [0.717, 1.165) is 44.8 Å². The lowest BCUT2D eigenvalue weighted by Crippen LogP contribution is -2.53. The summed E-state index contributed by atoms with van der Waals surface area (Å²) in [4.78, 5) is 28.7. The minimum absolute atomic E-state index is 0.143. The van der Waals surface area contributed by atoms with Gasteiger partial charge in [0.1, 0.15) is 0 Å². The number of hydrogen-bond acceptors (Lipinski definition) is 6. The highest BCUT2D eigenvalue weighted by Gasteiger charge is 2.25. The monoisotopic (exact) mass is 359 g/mol. The highest BCUT2D eigenvalue weighted by Crippen LogP contribution is 2.15. The van der Waals surface area contributed by atoms with E-state index < -0.39 is 0 Å². The summed E-state index contributed by atoms with van der Waals surface area (Å²) in [5.41, 5.74) is 1.57. The van der Waals surface area contributed by atoms with Crippen LogP contribution in [0, 0.1) is 0 Å². The van der Waals surface area contributed by atoms with Crippen molar-refractivity contribution in [3.05, 3.63) is 35.4 Å². The normalized spacial score (nSPS) is 20.0. The predicted octanol–water partition coefficient (Wildman–Crippen LogP) is 0.954. The molecule has 1 aromatic carbocycles. The maximum atomic E-state index is 12.5. The van der Waals surface area contributed by atoms with Gasteiger partial charge in [-0.25, -0.2) is 0 Å². The van der Waals surface area contributed by atoms with Crippen molar-refractivity contribution in [1.29, 1.82) is 0 Å². The van der Waals surface area contributed by atoms with Gasteiger partial charge in [0, 0.05) is 37.8 Å². The molecule has 3 rings (SSSR count). The molecule has 2 aliphatic heterocycles. The molecule has 6 nitrogen and oxygen atoms in total. The van der Waals surface area contributed by atoms with Gasteiger partial charge in [0.2, 0.25) is 0 Å². The van der Waals surface area contributed by atoms with Gasteiger partial charge in [-0.3, -0.25) is 19.4 Å². The minimum atomic E-state index is -0.268. The van der Waals surface area contributed by atoms with Gasteiger partial charge in [-0.05, 0) is 31.5 Å². The molecule has 0 aliphatic carbocycles. The third-order valence-electron chi connectivity index (χ3n) is 5.45. The van der Waals surface area contributed by atoms with Crippen molar-refractivity contribution < 1.29 is 14.3 Å². The molecule has 26 heavy (non-hydrogen) atoms. The van der Waals surface area contributed by atoms with Gasteiger partial charge in [-0.1, -0.05) is 24.3 Å². The van der Waals surface area contributed by atoms with E-state index in [9.17, 15) is 9.59 Å². The molecule has 0 spiro atoms. The number of rotatable bonds is 6. The number of ether oxygens (including phenoxy) is 1. The van der Waals surface area contributed by atoms with Gasteiger partial charge in [-0.15, -0.1) is 0 Å². The molecule has 2 heterocycles. The second-order valence-electron chi connectivity index (χ2n) is 7.17. The van der Waals surface area contributed by atoms with Gasteiger partial charge >= 0.3 is 5.97 Å². The Hall–Kier alpha value is -1.76. The predicted molar refractivity (Wildman–Crippen MR) is 100 cm³/mol. The summed E-state index contributed by atoms with van der Waals surface area (Å²) in [7, 11) is 1.38. The summed E-state index contributed by atoms with van der Waals surface area (Å²) in [6, 6.07) is 7.99. The lowest BCUT2D eigenvalue weighted by atomic mass is 10.0. The van der Waals surface area contributed by atoms with Gasteiger partial charge in [0.05, 0.1) is 20.1 Å². The smallest absolute Gasteiger partial charge is 0.309 e. The summed E-state index contributed by atoms with van der Waals surface area (Å²) < 4.78 is 4.66. The van der Waals surface area contributed by atoms with Crippen LogP contribution in [0.2, 0.25) is 0 Å². The Morgan fingerprint density at radius 1 is 1.08 bits per heavy atom. The number of nitrogens with one attached hydrogen (secondary N) is 1. The zero-order valence-corrected chi connectivity index (χ0v) is 15.6. The van der Waals surface area contributed by atoms with Crippen LogP contribution in [-0.4, -0.2) is 80.5 Å². The Kier molecular flexibility index (Phi) is 6.77. The number of benzene rings is 1. The molecular formula is C20H29N3O3. The first-order valence-corrected chi connectivity index (χ1v) is 9.52. The molecule has 142 valence electrons. The van der Waals surface area contributed by atoms with E-state index in [4.69, 9.17) is 0 Å². The number of piperazine rings is 1. The second-order valence-corrected chi connectivity index (χ2v) is 7.17. The largest absolute Gasteiger partial charge is 0.469 e. The summed E-state index contributed by atoms with van der Waals surface area (Å²) >= 11 is 0. The van der Waals surface area contributed by atoms with Crippen LogP contribution in [0.25, 0.3) is 0 Å². The molecule has 2 fully saturated rings. The average molecular weight is 359 g/mol. The first kappa shape index (κ1) is 19.0. The summed E-state index contributed by atoms with van der Waals surface area (Å²) in [6.07, 6.45) is 2.71. The number of esters is 1. The van der Waals surface area contributed by atoms with E-state index in [1.807, 2.05) is 24.3 Å². The molecule has 1 N–H and O–H groups in total.